The number of carboxylic acid groups (broad SMARTS) is 2. The number of hydrogen-bond acceptors (Lipinski definition) is 3. The molecule has 0 saturated carbocycles. The zero-order valence-corrected chi connectivity index (χ0v) is 19.0. The van der Waals surface area contributed by atoms with E-state index in [2.05, 4.69) is 47.9 Å². The maximum atomic E-state index is 11.0. The van der Waals surface area contributed by atoms with Crippen LogP contribution in [0, 0.1) is 23.7 Å². The molecule has 166 valence electrons. The van der Waals surface area contributed by atoms with Crippen LogP contribution >= 0.6 is 11.3 Å². The zero-order chi connectivity index (χ0) is 24.4. The summed E-state index contributed by atoms with van der Waals surface area (Å²) in [7, 11) is 0. The molecular weight excluding hydrogens is 456 g/mol. The summed E-state index contributed by atoms with van der Waals surface area (Å²) in [5.74, 6) is 10.6. The van der Waals surface area contributed by atoms with Crippen LogP contribution in [0.4, 0.5) is 0 Å². The third-order valence-corrected chi connectivity index (χ3v) is 6.59. The molecular formula is C30H16O4S. The van der Waals surface area contributed by atoms with Crippen molar-refractivity contribution in [3.8, 4) is 23.7 Å². The minimum atomic E-state index is -0.959. The average Bonchev–Trinajstić information content (AvgIpc) is 3.24. The van der Waals surface area contributed by atoms with Gasteiger partial charge in [0, 0.05) is 42.4 Å². The van der Waals surface area contributed by atoms with E-state index in [1.165, 1.54) is 0 Å². The fraction of sp³-hybridized carbons (Fsp3) is 0. The van der Waals surface area contributed by atoms with E-state index in [9.17, 15) is 9.59 Å². The molecule has 0 unspecified atom stereocenters. The summed E-state index contributed by atoms with van der Waals surface area (Å²) in [6, 6.07) is 25.2. The van der Waals surface area contributed by atoms with E-state index < -0.39 is 11.9 Å². The molecule has 5 rings (SSSR count). The van der Waals surface area contributed by atoms with Crippen LogP contribution in [0.3, 0.4) is 0 Å². The van der Waals surface area contributed by atoms with Gasteiger partial charge in [0.1, 0.15) is 0 Å². The van der Waals surface area contributed by atoms with Crippen LogP contribution < -0.4 is 0 Å². The van der Waals surface area contributed by atoms with Crippen molar-refractivity contribution in [3.05, 3.63) is 118 Å². The number of carboxylic acids is 2. The fourth-order valence-corrected chi connectivity index (χ4v) is 4.68. The Hall–Kier alpha value is -4.84. The topological polar surface area (TPSA) is 74.6 Å². The summed E-state index contributed by atoms with van der Waals surface area (Å²) in [4.78, 5) is 22.0. The van der Waals surface area contributed by atoms with E-state index >= 15 is 0 Å². The van der Waals surface area contributed by atoms with Crippen LogP contribution in [0.2, 0.25) is 0 Å². The number of fused-ring (bicyclic) bond motifs is 3. The lowest BCUT2D eigenvalue weighted by Crippen LogP contribution is -1.94. The molecule has 4 aromatic carbocycles. The van der Waals surface area contributed by atoms with Crippen LogP contribution in [-0.4, -0.2) is 22.2 Å². The Bertz CT molecular complexity index is 1610. The highest BCUT2D eigenvalue weighted by Gasteiger charge is 2.07. The average molecular weight is 473 g/mol. The number of thiophene rings is 1. The molecule has 4 nitrogen and oxygen atoms in total. The van der Waals surface area contributed by atoms with Crippen LogP contribution in [0.1, 0.15) is 43.0 Å². The van der Waals surface area contributed by atoms with Gasteiger partial charge in [0.05, 0.1) is 11.1 Å². The van der Waals surface area contributed by atoms with Crippen LogP contribution in [-0.2, 0) is 0 Å². The van der Waals surface area contributed by atoms with Crippen LogP contribution in [0.25, 0.3) is 20.2 Å². The van der Waals surface area contributed by atoms with Gasteiger partial charge < -0.3 is 10.2 Å². The number of carbonyl (C=O) groups is 2. The van der Waals surface area contributed by atoms with Gasteiger partial charge in [0.2, 0.25) is 0 Å². The molecule has 0 amide bonds. The minimum absolute atomic E-state index is 0.234. The number of hydrogen-bond donors (Lipinski definition) is 2. The second kappa shape index (κ2) is 9.19. The zero-order valence-electron chi connectivity index (χ0n) is 18.2. The van der Waals surface area contributed by atoms with Crippen molar-refractivity contribution in [2.45, 2.75) is 0 Å². The first-order valence-corrected chi connectivity index (χ1v) is 11.4. The first-order valence-electron chi connectivity index (χ1n) is 10.6. The molecule has 0 fully saturated rings. The first-order chi connectivity index (χ1) is 17.0. The molecule has 0 aliphatic rings. The van der Waals surface area contributed by atoms with Crippen molar-refractivity contribution in [1.29, 1.82) is 0 Å². The molecule has 2 N–H and O–H groups in total. The number of benzene rings is 4. The first kappa shape index (κ1) is 22.0. The van der Waals surface area contributed by atoms with Crippen molar-refractivity contribution >= 4 is 43.4 Å². The predicted octanol–water partition coefficient (Wildman–Crippen LogP) is 6.25. The molecule has 35 heavy (non-hydrogen) atoms. The molecule has 5 heteroatoms. The Morgan fingerprint density at radius 1 is 0.514 bits per heavy atom. The van der Waals surface area contributed by atoms with Crippen molar-refractivity contribution < 1.29 is 19.8 Å². The fourth-order valence-electron chi connectivity index (χ4n) is 3.61. The molecule has 1 heterocycles. The van der Waals surface area contributed by atoms with E-state index in [-0.39, 0.29) is 11.1 Å². The SMILES string of the molecule is O=C(O)c1ccc(C#Cc2ccc3sc4ccc(C#Cc5ccc(C(=O)O)cc5)cc4c3c2)cc1. The van der Waals surface area contributed by atoms with Crippen molar-refractivity contribution in [3.63, 3.8) is 0 Å². The van der Waals surface area contributed by atoms with E-state index in [1.807, 2.05) is 12.1 Å². The quantitative estimate of drug-likeness (QED) is 0.298. The number of rotatable bonds is 2. The van der Waals surface area contributed by atoms with Gasteiger partial charge in [-0.05, 0) is 84.9 Å². The summed E-state index contributed by atoms with van der Waals surface area (Å²) in [5, 5.41) is 20.3. The summed E-state index contributed by atoms with van der Waals surface area (Å²) in [5.41, 5.74) is 3.71. The third-order valence-electron chi connectivity index (χ3n) is 5.44. The summed E-state index contributed by atoms with van der Waals surface area (Å²) in [6.45, 7) is 0. The summed E-state index contributed by atoms with van der Waals surface area (Å²) >= 11 is 1.71. The molecule has 0 atom stereocenters. The summed E-state index contributed by atoms with van der Waals surface area (Å²) < 4.78 is 2.32. The van der Waals surface area contributed by atoms with Gasteiger partial charge in [0.15, 0.2) is 0 Å². The maximum absolute atomic E-state index is 11.0. The van der Waals surface area contributed by atoms with Gasteiger partial charge in [-0.2, -0.15) is 0 Å². The Kier molecular flexibility index (Phi) is 5.77. The normalized spacial score (nSPS) is 10.3. The summed E-state index contributed by atoms with van der Waals surface area (Å²) in [6.07, 6.45) is 0. The highest BCUT2D eigenvalue weighted by atomic mass is 32.1. The van der Waals surface area contributed by atoms with E-state index in [0.29, 0.717) is 0 Å². The molecule has 0 aliphatic heterocycles. The van der Waals surface area contributed by atoms with Crippen molar-refractivity contribution in [2.75, 3.05) is 0 Å². The monoisotopic (exact) mass is 472 g/mol. The van der Waals surface area contributed by atoms with E-state index in [1.54, 1.807) is 59.9 Å². The minimum Gasteiger partial charge on any atom is -0.478 e. The molecule has 0 radical (unpaired) electrons. The molecule has 0 spiro atoms. The highest BCUT2D eigenvalue weighted by Crippen LogP contribution is 2.34. The second-order valence-electron chi connectivity index (χ2n) is 7.79. The largest absolute Gasteiger partial charge is 0.478 e. The van der Waals surface area contributed by atoms with Crippen molar-refractivity contribution in [2.24, 2.45) is 0 Å². The van der Waals surface area contributed by atoms with Gasteiger partial charge in [-0.3, -0.25) is 0 Å². The van der Waals surface area contributed by atoms with Crippen LogP contribution in [0.5, 0.6) is 0 Å². The van der Waals surface area contributed by atoms with Crippen molar-refractivity contribution in [1.82, 2.24) is 0 Å². The second-order valence-corrected chi connectivity index (χ2v) is 8.87. The predicted molar refractivity (Wildman–Crippen MR) is 138 cm³/mol. The van der Waals surface area contributed by atoms with Gasteiger partial charge in [-0.1, -0.05) is 23.7 Å². The third kappa shape index (κ3) is 4.77. The maximum Gasteiger partial charge on any atom is 0.335 e. The van der Waals surface area contributed by atoms with E-state index in [0.717, 1.165) is 42.4 Å². The van der Waals surface area contributed by atoms with Gasteiger partial charge in [-0.15, -0.1) is 11.3 Å². The lowest BCUT2D eigenvalue weighted by Gasteiger charge is -1.96. The Morgan fingerprint density at radius 3 is 1.23 bits per heavy atom. The standard InChI is InChI=1S/C30H16O4S/c31-29(32)23-11-5-19(6-12-23)1-3-21-9-15-27-25(17-21)26-18-22(10-16-28(26)35-27)4-2-20-7-13-24(14-8-20)30(33)34/h5-18H,(H,31,32)(H,33,34). The molecule has 1 aromatic heterocycles. The molecule has 0 aliphatic carbocycles. The smallest absolute Gasteiger partial charge is 0.335 e. The van der Waals surface area contributed by atoms with Gasteiger partial charge in [-0.25, -0.2) is 9.59 Å². The van der Waals surface area contributed by atoms with Gasteiger partial charge in [0.25, 0.3) is 0 Å². The Labute approximate surface area is 205 Å². The Balaban J connectivity index is 1.46. The molecule has 0 saturated heterocycles. The lowest BCUT2D eigenvalue weighted by atomic mass is 10.1. The number of aromatic carboxylic acids is 2. The van der Waals surface area contributed by atoms with Crippen LogP contribution in [0.15, 0.2) is 84.9 Å². The Morgan fingerprint density at radius 2 is 0.857 bits per heavy atom. The molecule has 0 bridgehead atoms. The molecule has 5 aromatic rings. The highest BCUT2D eigenvalue weighted by molar-refractivity contribution is 7.25. The van der Waals surface area contributed by atoms with Gasteiger partial charge >= 0.3 is 11.9 Å². The lowest BCUT2D eigenvalue weighted by molar-refractivity contribution is 0.0686. The van der Waals surface area contributed by atoms with E-state index in [4.69, 9.17) is 10.2 Å².